The van der Waals surface area contributed by atoms with Crippen molar-refractivity contribution in [2.45, 2.75) is 23.2 Å². The fraction of sp³-hybridized carbons (Fsp3) is 0.364. The summed E-state index contributed by atoms with van der Waals surface area (Å²) in [6.45, 7) is 4.23. The minimum Gasteiger partial charge on any atom is -0.485 e. The number of piperazine rings is 1. The molecule has 2 atom stereocenters. The van der Waals surface area contributed by atoms with Crippen LogP contribution in [-0.2, 0) is 9.59 Å². The van der Waals surface area contributed by atoms with Gasteiger partial charge in [0.15, 0.2) is 11.5 Å². The summed E-state index contributed by atoms with van der Waals surface area (Å²) in [5, 5.41) is -0.161. The van der Waals surface area contributed by atoms with Gasteiger partial charge in [0.05, 0.1) is 5.25 Å². The first kappa shape index (κ1) is 19.6. The Kier molecular flexibility index (Phi) is 5.94. The molecule has 0 unspecified atom stereocenters. The van der Waals surface area contributed by atoms with Crippen LogP contribution in [0.25, 0.3) is 0 Å². The van der Waals surface area contributed by atoms with Crippen LogP contribution in [0.1, 0.15) is 6.92 Å². The smallest absolute Gasteiger partial charge is 0.267 e. The van der Waals surface area contributed by atoms with Crippen molar-refractivity contribution in [3.05, 3.63) is 54.6 Å². The molecule has 7 heteroatoms. The lowest BCUT2D eigenvalue weighted by molar-refractivity contribution is -0.146. The van der Waals surface area contributed by atoms with E-state index >= 15 is 0 Å². The molecule has 1 saturated heterocycles. The van der Waals surface area contributed by atoms with Gasteiger partial charge in [0, 0.05) is 31.1 Å². The number of para-hydroxylation sites is 2. The van der Waals surface area contributed by atoms with Crippen molar-refractivity contribution in [3.63, 3.8) is 0 Å². The molecule has 0 spiro atoms. The van der Waals surface area contributed by atoms with Crippen molar-refractivity contribution in [1.82, 2.24) is 9.80 Å². The summed E-state index contributed by atoms with van der Waals surface area (Å²) in [6.07, 6.45) is -0.639. The maximum absolute atomic E-state index is 12.8. The van der Waals surface area contributed by atoms with Crippen LogP contribution in [0.15, 0.2) is 59.5 Å². The minimum atomic E-state index is -0.639. The topological polar surface area (TPSA) is 59.1 Å². The molecule has 6 nitrogen and oxygen atoms in total. The molecule has 29 heavy (non-hydrogen) atoms. The zero-order chi connectivity index (χ0) is 20.2. The Balaban J connectivity index is 1.29. The van der Waals surface area contributed by atoms with Gasteiger partial charge in [-0.25, -0.2) is 0 Å². The number of hydrogen-bond acceptors (Lipinski definition) is 5. The van der Waals surface area contributed by atoms with Crippen LogP contribution in [0.2, 0.25) is 0 Å². The molecule has 1 fully saturated rings. The largest absolute Gasteiger partial charge is 0.485 e. The summed E-state index contributed by atoms with van der Waals surface area (Å²) in [4.78, 5) is 30.3. The number of carbonyl (C=O) groups excluding carboxylic acids is 2. The second kappa shape index (κ2) is 8.78. The van der Waals surface area contributed by atoms with E-state index in [0.29, 0.717) is 37.7 Å². The van der Waals surface area contributed by atoms with E-state index in [-0.39, 0.29) is 23.7 Å². The van der Waals surface area contributed by atoms with Crippen LogP contribution in [0.5, 0.6) is 11.5 Å². The average Bonchev–Trinajstić information content (AvgIpc) is 2.78. The SMILES string of the molecule is C[C@H](Sc1ccccc1)C(=O)N1CCN(C(=O)[C@H]2COc3ccccc3O2)CC1. The zero-order valence-corrected chi connectivity index (χ0v) is 17.1. The third kappa shape index (κ3) is 4.50. The molecule has 2 aliphatic rings. The lowest BCUT2D eigenvalue weighted by atomic mass is 10.2. The molecule has 0 bridgehead atoms. The summed E-state index contributed by atoms with van der Waals surface area (Å²) < 4.78 is 11.5. The van der Waals surface area contributed by atoms with Gasteiger partial charge in [-0.1, -0.05) is 30.3 Å². The third-order valence-corrected chi connectivity index (χ3v) is 6.19. The molecule has 0 aromatic heterocycles. The molecule has 4 rings (SSSR count). The highest BCUT2D eigenvalue weighted by molar-refractivity contribution is 8.00. The number of nitrogens with zero attached hydrogens (tertiary/aromatic N) is 2. The Bertz CT molecular complexity index is 868. The molecule has 0 N–H and O–H groups in total. The van der Waals surface area contributed by atoms with Gasteiger partial charge in [-0.15, -0.1) is 11.8 Å². The molecular weight excluding hydrogens is 388 g/mol. The summed E-state index contributed by atoms with van der Waals surface area (Å²) in [6, 6.07) is 17.3. The van der Waals surface area contributed by atoms with E-state index in [4.69, 9.17) is 9.47 Å². The van der Waals surface area contributed by atoms with E-state index < -0.39 is 6.10 Å². The summed E-state index contributed by atoms with van der Waals surface area (Å²) in [5.74, 6) is 1.28. The van der Waals surface area contributed by atoms with Gasteiger partial charge in [-0.3, -0.25) is 9.59 Å². The lowest BCUT2D eigenvalue weighted by Gasteiger charge is -2.37. The highest BCUT2D eigenvalue weighted by Gasteiger charge is 2.34. The first-order valence-electron chi connectivity index (χ1n) is 9.79. The number of hydrogen-bond donors (Lipinski definition) is 0. The van der Waals surface area contributed by atoms with Crippen LogP contribution in [-0.4, -0.2) is 65.8 Å². The van der Waals surface area contributed by atoms with Gasteiger partial charge in [0.25, 0.3) is 5.91 Å². The van der Waals surface area contributed by atoms with E-state index in [1.807, 2.05) is 60.4 Å². The quantitative estimate of drug-likeness (QED) is 0.723. The molecule has 2 aromatic rings. The number of ether oxygens (including phenoxy) is 2. The van der Waals surface area contributed by atoms with E-state index in [1.165, 1.54) is 0 Å². The fourth-order valence-corrected chi connectivity index (χ4v) is 4.48. The Hall–Kier alpha value is -2.67. The molecule has 0 radical (unpaired) electrons. The van der Waals surface area contributed by atoms with E-state index in [0.717, 1.165) is 4.90 Å². The van der Waals surface area contributed by atoms with Crippen LogP contribution in [0.4, 0.5) is 0 Å². The molecule has 2 aliphatic heterocycles. The highest BCUT2D eigenvalue weighted by atomic mass is 32.2. The Morgan fingerprint density at radius 2 is 1.55 bits per heavy atom. The molecule has 2 aromatic carbocycles. The van der Waals surface area contributed by atoms with E-state index in [2.05, 4.69) is 0 Å². The van der Waals surface area contributed by atoms with Crippen molar-refractivity contribution in [3.8, 4) is 11.5 Å². The van der Waals surface area contributed by atoms with Gasteiger partial charge >= 0.3 is 0 Å². The molecule has 2 amide bonds. The first-order valence-corrected chi connectivity index (χ1v) is 10.7. The second-order valence-electron chi connectivity index (χ2n) is 7.09. The Morgan fingerprint density at radius 1 is 0.931 bits per heavy atom. The average molecular weight is 413 g/mol. The number of benzene rings is 2. The monoisotopic (exact) mass is 412 g/mol. The predicted octanol–water partition coefficient (Wildman–Crippen LogP) is 2.68. The Labute approximate surface area is 174 Å². The highest BCUT2D eigenvalue weighted by Crippen LogP contribution is 2.31. The molecule has 0 saturated carbocycles. The minimum absolute atomic E-state index is 0.0849. The maximum Gasteiger partial charge on any atom is 0.267 e. The fourth-order valence-electron chi connectivity index (χ4n) is 3.50. The Morgan fingerprint density at radius 3 is 2.28 bits per heavy atom. The standard InChI is InChI=1S/C22H24N2O4S/c1-16(29-17-7-3-2-4-8-17)21(25)23-11-13-24(14-12-23)22(26)20-15-27-18-9-5-6-10-19(18)28-20/h2-10,16,20H,11-15H2,1H3/t16-,20+/m0/s1. The van der Waals surface area contributed by atoms with Crippen LogP contribution < -0.4 is 9.47 Å². The first-order chi connectivity index (χ1) is 14.1. The number of amides is 2. The molecule has 152 valence electrons. The second-order valence-corrected chi connectivity index (χ2v) is 8.50. The normalized spacial score (nSPS) is 19.6. The van der Waals surface area contributed by atoms with Crippen molar-refractivity contribution >= 4 is 23.6 Å². The van der Waals surface area contributed by atoms with Crippen LogP contribution in [0, 0.1) is 0 Å². The lowest BCUT2D eigenvalue weighted by Crippen LogP contribution is -2.56. The molecule has 0 aliphatic carbocycles. The van der Waals surface area contributed by atoms with Crippen molar-refractivity contribution in [2.24, 2.45) is 0 Å². The molecule has 2 heterocycles. The summed E-state index contributed by atoms with van der Waals surface area (Å²) in [7, 11) is 0. The summed E-state index contributed by atoms with van der Waals surface area (Å²) >= 11 is 1.56. The van der Waals surface area contributed by atoms with Gasteiger partial charge < -0.3 is 19.3 Å². The predicted molar refractivity (Wildman–Crippen MR) is 111 cm³/mol. The van der Waals surface area contributed by atoms with E-state index in [1.54, 1.807) is 22.7 Å². The zero-order valence-electron chi connectivity index (χ0n) is 16.3. The maximum atomic E-state index is 12.8. The van der Waals surface area contributed by atoms with Crippen molar-refractivity contribution < 1.29 is 19.1 Å². The van der Waals surface area contributed by atoms with Gasteiger partial charge in [0.2, 0.25) is 12.0 Å². The van der Waals surface area contributed by atoms with Crippen molar-refractivity contribution in [2.75, 3.05) is 32.8 Å². The third-order valence-electron chi connectivity index (χ3n) is 5.09. The van der Waals surface area contributed by atoms with Crippen LogP contribution >= 0.6 is 11.8 Å². The van der Waals surface area contributed by atoms with E-state index in [9.17, 15) is 9.59 Å². The van der Waals surface area contributed by atoms with Gasteiger partial charge in [0.1, 0.15) is 6.61 Å². The number of carbonyl (C=O) groups is 2. The number of fused-ring (bicyclic) bond motifs is 1. The van der Waals surface area contributed by atoms with Crippen molar-refractivity contribution in [1.29, 1.82) is 0 Å². The van der Waals surface area contributed by atoms with Gasteiger partial charge in [-0.05, 0) is 31.2 Å². The number of rotatable bonds is 4. The molecular formula is C22H24N2O4S. The van der Waals surface area contributed by atoms with Crippen LogP contribution in [0.3, 0.4) is 0 Å². The number of thioether (sulfide) groups is 1. The van der Waals surface area contributed by atoms with Gasteiger partial charge in [-0.2, -0.15) is 0 Å². The summed E-state index contributed by atoms with van der Waals surface area (Å²) in [5.41, 5.74) is 0.